The molecule has 36 heavy (non-hydrogen) atoms. The maximum absolute atomic E-state index is 12.9. The first-order valence-electron chi connectivity index (χ1n) is 11.5. The molecule has 0 aliphatic rings. The minimum Gasteiger partial charge on any atom is -0.489 e. The van der Waals surface area contributed by atoms with Crippen LogP contribution in [0.5, 0.6) is 5.75 Å². The number of ether oxygens (including phenoxy) is 1. The fraction of sp³-hybridized carbons (Fsp3) is 0.179. The molecule has 1 heterocycles. The number of rotatable bonds is 8. The Kier molecular flexibility index (Phi) is 7.71. The SMILES string of the molecule is CNC(=O)c1cccc(Cn2nc(C)c(NC(=O)c3ccc(COc4cccc(Cl)c4)cc3)c2C)c1. The molecule has 0 saturated carbocycles. The molecule has 0 radical (unpaired) electrons. The van der Waals surface area contributed by atoms with Crippen LogP contribution in [0.25, 0.3) is 0 Å². The van der Waals surface area contributed by atoms with Gasteiger partial charge in [-0.15, -0.1) is 0 Å². The summed E-state index contributed by atoms with van der Waals surface area (Å²) in [7, 11) is 1.60. The van der Waals surface area contributed by atoms with Gasteiger partial charge in [-0.2, -0.15) is 5.10 Å². The fourth-order valence-electron chi connectivity index (χ4n) is 3.82. The van der Waals surface area contributed by atoms with Gasteiger partial charge in [-0.3, -0.25) is 14.3 Å². The summed E-state index contributed by atoms with van der Waals surface area (Å²) < 4.78 is 7.58. The summed E-state index contributed by atoms with van der Waals surface area (Å²) >= 11 is 5.99. The number of nitrogens with zero attached hydrogens (tertiary/aromatic N) is 2. The Morgan fingerprint density at radius 3 is 2.39 bits per heavy atom. The van der Waals surface area contributed by atoms with Gasteiger partial charge in [0.15, 0.2) is 0 Å². The molecule has 184 valence electrons. The Labute approximate surface area is 215 Å². The number of carbonyl (C=O) groups excluding carboxylic acids is 2. The number of aromatic nitrogens is 2. The molecular weight excluding hydrogens is 476 g/mol. The smallest absolute Gasteiger partial charge is 0.255 e. The molecule has 0 saturated heterocycles. The molecule has 2 N–H and O–H groups in total. The van der Waals surface area contributed by atoms with Crippen LogP contribution in [0.15, 0.2) is 72.8 Å². The maximum atomic E-state index is 12.9. The zero-order valence-electron chi connectivity index (χ0n) is 20.3. The molecule has 4 aromatic rings. The number of nitrogens with one attached hydrogen (secondary N) is 2. The third kappa shape index (κ3) is 5.93. The van der Waals surface area contributed by atoms with Crippen molar-refractivity contribution in [3.63, 3.8) is 0 Å². The van der Waals surface area contributed by atoms with E-state index in [1.807, 2.05) is 61.0 Å². The first-order valence-corrected chi connectivity index (χ1v) is 11.9. The van der Waals surface area contributed by atoms with Crippen LogP contribution in [0.4, 0.5) is 5.69 Å². The Balaban J connectivity index is 1.41. The van der Waals surface area contributed by atoms with Crippen LogP contribution < -0.4 is 15.4 Å². The van der Waals surface area contributed by atoms with Crippen molar-refractivity contribution in [3.8, 4) is 5.75 Å². The second-order valence-corrected chi connectivity index (χ2v) is 8.82. The number of anilines is 1. The number of aryl methyl sites for hydroxylation is 1. The molecule has 7 nitrogen and oxygen atoms in total. The Hall–Kier alpha value is -4.10. The molecule has 8 heteroatoms. The molecule has 0 atom stereocenters. The minimum atomic E-state index is -0.218. The van der Waals surface area contributed by atoms with Crippen molar-refractivity contribution in [3.05, 3.63) is 111 Å². The lowest BCUT2D eigenvalue weighted by Crippen LogP contribution is -2.18. The highest BCUT2D eigenvalue weighted by Gasteiger charge is 2.16. The van der Waals surface area contributed by atoms with Crippen molar-refractivity contribution in [1.29, 1.82) is 0 Å². The zero-order valence-corrected chi connectivity index (χ0v) is 21.1. The third-order valence-corrected chi connectivity index (χ3v) is 6.02. The van der Waals surface area contributed by atoms with E-state index in [0.717, 1.165) is 22.5 Å². The van der Waals surface area contributed by atoms with E-state index >= 15 is 0 Å². The molecule has 4 rings (SSSR count). The van der Waals surface area contributed by atoms with E-state index in [-0.39, 0.29) is 11.8 Å². The van der Waals surface area contributed by atoms with Gasteiger partial charge in [0.25, 0.3) is 11.8 Å². The maximum Gasteiger partial charge on any atom is 0.255 e. The van der Waals surface area contributed by atoms with Gasteiger partial charge >= 0.3 is 0 Å². The molecule has 0 aliphatic carbocycles. The lowest BCUT2D eigenvalue weighted by Gasteiger charge is -2.09. The van der Waals surface area contributed by atoms with Crippen LogP contribution >= 0.6 is 11.6 Å². The van der Waals surface area contributed by atoms with Crippen LogP contribution in [0.3, 0.4) is 0 Å². The van der Waals surface area contributed by atoms with E-state index in [2.05, 4.69) is 15.7 Å². The highest BCUT2D eigenvalue weighted by Crippen LogP contribution is 2.22. The third-order valence-electron chi connectivity index (χ3n) is 5.79. The zero-order chi connectivity index (χ0) is 25.7. The first kappa shape index (κ1) is 25.0. The Morgan fingerprint density at radius 2 is 1.67 bits per heavy atom. The molecule has 0 aliphatic heterocycles. The summed E-state index contributed by atoms with van der Waals surface area (Å²) in [5.74, 6) is 0.331. The highest BCUT2D eigenvalue weighted by atomic mass is 35.5. The summed E-state index contributed by atoms with van der Waals surface area (Å²) in [5, 5.41) is 10.8. The van der Waals surface area contributed by atoms with Crippen LogP contribution in [0.1, 0.15) is 43.2 Å². The van der Waals surface area contributed by atoms with E-state index in [0.29, 0.717) is 40.7 Å². The summed E-state index contributed by atoms with van der Waals surface area (Å²) in [4.78, 5) is 24.9. The van der Waals surface area contributed by atoms with Crippen LogP contribution in [-0.4, -0.2) is 28.6 Å². The van der Waals surface area contributed by atoms with E-state index < -0.39 is 0 Å². The summed E-state index contributed by atoms with van der Waals surface area (Å²) in [5.41, 5.74) is 5.22. The fourth-order valence-corrected chi connectivity index (χ4v) is 4.00. The molecule has 3 aromatic carbocycles. The van der Waals surface area contributed by atoms with E-state index in [1.165, 1.54) is 0 Å². The normalized spacial score (nSPS) is 10.7. The summed E-state index contributed by atoms with van der Waals surface area (Å²) in [6.07, 6.45) is 0. The molecule has 1 aromatic heterocycles. The predicted molar refractivity (Wildman–Crippen MR) is 141 cm³/mol. The van der Waals surface area contributed by atoms with Crippen molar-refractivity contribution >= 4 is 29.1 Å². The lowest BCUT2D eigenvalue weighted by atomic mass is 10.1. The molecule has 0 bridgehead atoms. The van der Waals surface area contributed by atoms with Gasteiger partial charge in [-0.25, -0.2) is 0 Å². The molecule has 0 unspecified atom stereocenters. The number of halogens is 1. The standard InChI is InChI=1S/C28H27ClN4O3/c1-18-26(19(2)33(32-18)16-21-6-4-7-23(14-21)27(34)30-3)31-28(35)22-12-10-20(11-13-22)17-36-25-9-5-8-24(29)15-25/h4-15H,16-17H2,1-3H3,(H,30,34)(H,31,35). The van der Waals surface area contributed by atoms with Crippen LogP contribution in [0.2, 0.25) is 5.02 Å². The van der Waals surface area contributed by atoms with Gasteiger partial charge < -0.3 is 15.4 Å². The second kappa shape index (κ2) is 11.1. The Morgan fingerprint density at radius 1 is 0.917 bits per heavy atom. The van der Waals surface area contributed by atoms with Crippen LogP contribution in [-0.2, 0) is 13.2 Å². The van der Waals surface area contributed by atoms with Crippen molar-refractivity contribution in [2.45, 2.75) is 27.0 Å². The van der Waals surface area contributed by atoms with Crippen molar-refractivity contribution in [2.24, 2.45) is 0 Å². The van der Waals surface area contributed by atoms with Crippen molar-refractivity contribution < 1.29 is 14.3 Å². The summed E-state index contributed by atoms with van der Waals surface area (Å²) in [6.45, 7) is 4.62. The van der Waals surface area contributed by atoms with E-state index in [1.54, 1.807) is 37.4 Å². The number of amides is 2. The highest BCUT2D eigenvalue weighted by molar-refractivity contribution is 6.30. The topological polar surface area (TPSA) is 85.3 Å². The number of hydrogen-bond donors (Lipinski definition) is 2. The molecule has 2 amide bonds. The predicted octanol–water partition coefficient (Wildman–Crippen LogP) is 5.39. The number of hydrogen-bond acceptors (Lipinski definition) is 4. The summed E-state index contributed by atoms with van der Waals surface area (Å²) in [6, 6.07) is 21.9. The molecular formula is C28H27ClN4O3. The van der Waals surface area contributed by atoms with Gasteiger partial charge in [0.1, 0.15) is 12.4 Å². The largest absolute Gasteiger partial charge is 0.489 e. The van der Waals surface area contributed by atoms with Gasteiger partial charge in [0.2, 0.25) is 0 Å². The van der Waals surface area contributed by atoms with Crippen molar-refractivity contribution in [2.75, 3.05) is 12.4 Å². The van der Waals surface area contributed by atoms with E-state index in [4.69, 9.17) is 16.3 Å². The number of carbonyl (C=O) groups is 2. The second-order valence-electron chi connectivity index (χ2n) is 8.38. The van der Waals surface area contributed by atoms with E-state index in [9.17, 15) is 9.59 Å². The quantitative estimate of drug-likeness (QED) is 0.338. The van der Waals surface area contributed by atoms with Gasteiger partial charge in [0, 0.05) is 23.2 Å². The number of benzene rings is 3. The van der Waals surface area contributed by atoms with Gasteiger partial charge in [-0.1, -0.05) is 41.9 Å². The van der Waals surface area contributed by atoms with Gasteiger partial charge in [-0.05, 0) is 67.4 Å². The lowest BCUT2D eigenvalue weighted by molar-refractivity contribution is 0.0962. The van der Waals surface area contributed by atoms with Crippen molar-refractivity contribution in [1.82, 2.24) is 15.1 Å². The van der Waals surface area contributed by atoms with Crippen LogP contribution in [0, 0.1) is 13.8 Å². The molecule has 0 spiro atoms. The van der Waals surface area contributed by atoms with Gasteiger partial charge in [0.05, 0.1) is 23.6 Å². The monoisotopic (exact) mass is 502 g/mol. The Bertz CT molecular complexity index is 1400. The minimum absolute atomic E-state index is 0.139. The first-order chi connectivity index (χ1) is 17.3. The average molecular weight is 503 g/mol. The average Bonchev–Trinajstić information content (AvgIpc) is 3.14. The molecule has 0 fully saturated rings.